The van der Waals surface area contributed by atoms with Crippen LogP contribution in [0.4, 0.5) is 4.79 Å². The molecule has 11 heteroatoms. The van der Waals surface area contributed by atoms with Crippen LogP contribution in [0.5, 0.6) is 0 Å². The van der Waals surface area contributed by atoms with E-state index in [1.165, 1.54) is 16.8 Å². The minimum atomic E-state index is -1.27. The molecule has 1 aliphatic heterocycles. The first-order valence-corrected chi connectivity index (χ1v) is 12.7. The Hall–Kier alpha value is -3.76. The zero-order valence-corrected chi connectivity index (χ0v) is 21.1. The maximum Gasteiger partial charge on any atom is 0.410 e. The lowest BCUT2D eigenvalue weighted by Gasteiger charge is -2.38. The molecule has 3 rings (SSSR count). The van der Waals surface area contributed by atoms with Crippen molar-refractivity contribution in [3.05, 3.63) is 47.4 Å². The Labute approximate surface area is 216 Å². The molecule has 0 radical (unpaired) electrons. The smallest absolute Gasteiger partial charge is 0.410 e. The van der Waals surface area contributed by atoms with Gasteiger partial charge in [-0.15, -0.1) is 0 Å². The SMILES string of the molecule is CN(/C(O)=C(/C(=O)NCC(=O)O)C(=O)NC1CCCCC1)C1CCCN(C(=O)OCc2ccccc2)C1. The summed E-state index contributed by atoms with van der Waals surface area (Å²) in [7, 11) is 1.54. The van der Waals surface area contributed by atoms with Gasteiger partial charge < -0.3 is 35.4 Å². The molecule has 1 unspecified atom stereocenters. The van der Waals surface area contributed by atoms with Gasteiger partial charge in [-0.1, -0.05) is 49.6 Å². The predicted molar refractivity (Wildman–Crippen MR) is 134 cm³/mol. The predicted octanol–water partition coefficient (Wildman–Crippen LogP) is 2.14. The first kappa shape index (κ1) is 27.8. The molecule has 0 aromatic heterocycles. The Morgan fingerprint density at radius 2 is 1.70 bits per heavy atom. The number of hydrogen-bond acceptors (Lipinski definition) is 7. The number of aliphatic carboxylic acids is 1. The summed E-state index contributed by atoms with van der Waals surface area (Å²) in [6.07, 6.45) is 5.30. The number of nitrogens with zero attached hydrogens (tertiary/aromatic N) is 2. The second kappa shape index (κ2) is 13.5. The van der Waals surface area contributed by atoms with Crippen molar-refractivity contribution in [2.24, 2.45) is 0 Å². The third-order valence-electron chi connectivity index (χ3n) is 6.76. The number of benzene rings is 1. The van der Waals surface area contributed by atoms with E-state index in [1.807, 2.05) is 30.3 Å². The number of carbonyl (C=O) groups excluding carboxylic acids is 3. The number of carbonyl (C=O) groups is 4. The normalized spacial score (nSPS) is 18.8. The molecule has 37 heavy (non-hydrogen) atoms. The number of likely N-dealkylation sites (N-methyl/N-ethyl adjacent to an activating group) is 1. The number of nitrogens with one attached hydrogen (secondary N) is 2. The molecule has 2 aliphatic rings. The van der Waals surface area contributed by atoms with Crippen molar-refractivity contribution in [2.45, 2.75) is 63.6 Å². The Bertz CT molecular complexity index is 992. The van der Waals surface area contributed by atoms with Crippen molar-refractivity contribution in [1.82, 2.24) is 20.4 Å². The van der Waals surface area contributed by atoms with Crippen LogP contribution in [0.25, 0.3) is 0 Å². The van der Waals surface area contributed by atoms with Crippen molar-refractivity contribution < 1.29 is 34.1 Å². The summed E-state index contributed by atoms with van der Waals surface area (Å²) in [5, 5.41) is 25.0. The molecule has 3 amide bonds. The topological polar surface area (TPSA) is 149 Å². The van der Waals surface area contributed by atoms with Crippen molar-refractivity contribution in [3.63, 3.8) is 0 Å². The molecule has 11 nitrogen and oxygen atoms in total. The summed E-state index contributed by atoms with van der Waals surface area (Å²) in [4.78, 5) is 52.4. The molecule has 1 aromatic carbocycles. The number of likely N-dealkylation sites (tertiary alicyclic amines) is 1. The van der Waals surface area contributed by atoms with Crippen molar-refractivity contribution in [1.29, 1.82) is 0 Å². The van der Waals surface area contributed by atoms with Gasteiger partial charge in [0.15, 0.2) is 5.57 Å². The van der Waals surface area contributed by atoms with Crippen LogP contribution in [0.1, 0.15) is 50.5 Å². The Balaban J connectivity index is 1.71. The summed E-state index contributed by atoms with van der Waals surface area (Å²) in [5.74, 6) is -3.57. The molecule has 1 aromatic rings. The first-order valence-electron chi connectivity index (χ1n) is 12.7. The summed E-state index contributed by atoms with van der Waals surface area (Å²) < 4.78 is 5.43. The number of rotatable bonds is 9. The van der Waals surface area contributed by atoms with Crippen molar-refractivity contribution in [2.75, 3.05) is 26.7 Å². The molecule has 1 saturated carbocycles. The number of aliphatic hydroxyl groups excluding tert-OH is 1. The van der Waals surface area contributed by atoms with Gasteiger partial charge in [0.1, 0.15) is 13.2 Å². The monoisotopic (exact) mass is 516 g/mol. The molecule has 1 aliphatic carbocycles. The van der Waals surface area contributed by atoms with Gasteiger partial charge in [0.25, 0.3) is 11.8 Å². The van der Waals surface area contributed by atoms with Gasteiger partial charge in [0, 0.05) is 32.2 Å². The largest absolute Gasteiger partial charge is 0.494 e. The number of piperidine rings is 1. The number of hydrogen-bond donors (Lipinski definition) is 4. The summed E-state index contributed by atoms with van der Waals surface area (Å²) in [5.41, 5.74) is 0.321. The van der Waals surface area contributed by atoms with Crippen LogP contribution >= 0.6 is 0 Å². The maximum atomic E-state index is 13.1. The van der Waals surface area contributed by atoms with Gasteiger partial charge in [-0.05, 0) is 31.2 Å². The van der Waals surface area contributed by atoms with E-state index in [2.05, 4.69) is 10.6 Å². The molecule has 4 N–H and O–H groups in total. The molecule has 1 atom stereocenters. The van der Waals surface area contributed by atoms with E-state index in [9.17, 15) is 24.3 Å². The quantitative estimate of drug-likeness (QED) is 0.169. The highest BCUT2D eigenvalue weighted by Crippen LogP contribution is 2.22. The lowest BCUT2D eigenvalue weighted by Crippen LogP contribution is -2.50. The minimum Gasteiger partial charge on any atom is -0.494 e. The highest BCUT2D eigenvalue weighted by Gasteiger charge is 2.33. The lowest BCUT2D eigenvalue weighted by molar-refractivity contribution is -0.138. The molecule has 0 spiro atoms. The van der Waals surface area contributed by atoms with Crippen LogP contribution in [0.2, 0.25) is 0 Å². The molecular formula is C26H36N4O7. The van der Waals surface area contributed by atoms with Gasteiger partial charge in [0.2, 0.25) is 5.88 Å². The molecule has 0 bridgehead atoms. The summed E-state index contributed by atoms with van der Waals surface area (Å²) in [6.45, 7) is 0.149. The van der Waals surface area contributed by atoms with Gasteiger partial charge in [-0.3, -0.25) is 14.4 Å². The van der Waals surface area contributed by atoms with Crippen LogP contribution in [0, 0.1) is 0 Å². The van der Waals surface area contributed by atoms with E-state index in [0.29, 0.717) is 19.4 Å². The number of carboxylic acids is 1. The van der Waals surface area contributed by atoms with Crippen LogP contribution in [0.3, 0.4) is 0 Å². The summed E-state index contributed by atoms with van der Waals surface area (Å²) in [6, 6.07) is 8.81. The average Bonchev–Trinajstić information content (AvgIpc) is 2.91. The Morgan fingerprint density at radius 3 is 2.38 bits per heavy atom. The molecule has 202 valence electrons. The fraction of sp³-hybridized carbons (Fsp3) is 0.538. The second-order valence-electron chi connectivity index (χ2n) is 9.48. The highest BCUT2D eigenvalue weighted by atomic mass is 16.6. The van der Waals surface area contributed by atoms with E-state index < -0.39 is 41.9 Å². The van der Waals surface area contributed by atoms with Crippen LogP contribution in [0.15, 0.2) is 41.8 Å². The molecular weight excluding hydrogens is 480 g/mol. The van der Waals surface area contributed by atoms with Gasteiger partial charge in [-0.25, -0.2) is 4.79 Å². The third kappa shape index (κ3) is 8.12. The highest BCUT2D eigenvalue weighted by molar-refractivity contribution is 6.19. The van der Waals surface area contributed by atoms with Gasteiger partial charge >= 0.3 is 12.1 Å². The molecule has 1 saturated heterocycles. The number of amides is 3. The third-order valence-corrected chi connectivity index (χ3v) is 6.76. The first-order chi connectivity index (χ1) is 17.8. The zero-order chi connectivity index (χ0) is 26.8. The fourth-order valence-corrected chi connectivity index (χ4v) is 4.65. The standard InChI is InChI=1S/C26H36N4O7/c1-29(20-13-8-14-30(16-20)26(36)37-17-18-9-4-2-5-10-18)25(35)22(23(33)27-15-21(31)32)24(34)28-19-11-6-3-7-12-19/h2,4-5,9-10,19-20,35H,3,6-8,11-17H2,1H3,(H,27,33)(H,28,34)(H,31,32)/b25-22+. The second-order valence-corrected chi connectivity index (χ2v) is 9.48. The van der Waals surface area contributed by atoms with Crippen molar-refractivity contribution in [3.8, 4) is 0 Å². The molecule has 1 heterocycles. The van der Waals surface area contributed by atoms with E-state index in [0.717, 1.165) is 37.7 Å². The van der Waals surface area contributed by atoms with E-state index in [-0.39, 0.29) is 25.2 Å². The fourth-order valence-electron chi connectivity index (χ4n) is 4.65. The number of ether oxygens (including phenoxy) is 1. The Kier molecular flexibility index (Phi) is 10.2. The number of aliphatic hydroxyl groups is 1. The van der Waals surface area contributed by atoms with E-state index >= 15 is 0 Å². The lowest BCUT2D eigenvalue weighted by atomic mass is 9.95. The van der Waals surface area contributed by atoms with Gasteiger partial charge in [-0.2, -0.15) is 0 Å². The average molecular weight is 517 g/mol. The van der Waals surface area contributed by atoms with Crippen LogP contribution < -0.4 is 10.6 Å². The minimum absolute atomic E-state index is 0.119. The Morgan fingerprint density at radius 1 is 1.00 bits per heavy atom. The van der Waals surface area contributed by atoms with Crippen molar-refractivity contribution >= 4 is 23.9 Å². The maximum absolute atomic E-state index is 13.1. The van der Waals surface area contributed by atoms with Crippen LogP contribution in [-0.2, 0) is 25.7 Å². The van der Waals surface area contributed by atoms with E-state index in [1.54, 1.807) is 0 Å². The van der Waals surface area contributed by atoms with E-state index in [4.69, 9.17) is 9.84 Å². The van der Waals surface area contributed by atoms with Crippen LogP contribution in [-0.4, -0.2) is 82.7 Å². The zero-order valence-electron chi connectivity index (χ0n) is 21.1. The number of carboxylic acid groups (broad SMARTS) is 1. The summed E-state index contributed by atoms with van der Waals surface area (Å²) >= 11 is 0. The van der Waals surface area contributed by atoms with Gasteiger partial charge in [0.05, 0.1) is 0 Å². The molecule has 2 fully saturated rings.